The van der Waals surface area contributed by atoms with E-state index in [9.17, 15) is 14.8 Å². The topological polar surface area (TPSA) is 82.9 Å². The molecule has 0 amide bonds. The lowest BCUT2D eigenvalue weighted by Crippen LogP contribution is -2.45. The lowest BCUT2D eigenvalue weighted by molar-refractivity contribution is -0.0282. The van der Waals surface area contributed by atoms with E-state index in [-0.39, 0.29) is 5.56 Å². The second kappa shape index (κ2) is 8.80. The predicted molar refractivity (Wildman–Crippen MR) is 141 cm³/mol. The zero-order chi connectivity index (χ0) is 25.7. The van der Waals surface area contributed by atoms with Gasteiger partial charge in [0.05, 0.1) is 46.8 Å². The Hall–Kier alpha value is -4.06. The molecule has 7 nitrogen and oxygen atoms in total. The molecule has 6 rings (SSSR count). The van der Waals surface area contributed by atoms with Crippen LogP contribution in [0.5, 0.6) is 0 Å². The van der Waals surface area contributed by atoms with Crippen LogP contribution in [0.3, 0.4) is 0 Å². The minimum atomic E-state index is -0.788. The zero-order valence-corrected chi connectivity index (χ0v) is 20.8. The van der Waals surface area contributed by atoms with Crippen LogP contribution < -0.4 is 0 Å². The Morgan fingerprint density at radius 2 is 1.81 bits per heavy atom. The van der Waals surface area contributed by atoms with Crippen molar-refractivity contribution in [2.75, 3.05) is 20.1 Å². The summed E-state index contributed by atoms with van der Waals surface area (Å²) in [7, 11) is 3.97. The minimum Gasteiger partial charge on any atom is -0.388 e. The van der Waals surface area contributed by atoms with Crippen molar-refractivity contribution in [2.24, 2.45) is 7.05 Å². The second-order valence-electron chi connectivity index (χ2n) is 10.1. The lowest BCUT2D eigenvalue weighted by Gasteiger charge is -2.37. The van der Waals surface area contributed by atoms with Crippen molar-refractivity contribution in [2.45, 2.75) is 25.0 Å². The van der Waals surface area contributed by atoms with Crippen LogP contribution in [0.25, 0.3) is 44.2 Å². The maximum atomic E-state index is 14.8. The van der Waals surface area contributed by atoms with Crippen LogP contribution in [0, 0.1) is 17.1 Å². The summed E-state index contributed by atoms with van der Waals surface area (Å²) in [6.45, 7) is 2.17. The van der Waals surface area contributed by atoms with Crippen molar-refractivity contribution in [3.8, 4) is 28.5 Å². The van der Waals surface area contributed by atoms with Gasteiger partial charge in [-0.15, -0.1) is 0 Å². The Labute approximate surface area is 214 Å². The smallest absolute Gasteiger partial charge is 0.141 e. The highest BCUT2D eigenvalue weighted by Crippen LogP contribution is 2.39. The molecule has 1 aliphatic heterocycles. The molecule has 4 heterocycles. The summed E-state index contributed by atoms with van der Waals surface area (Å²) in [5.74, 6) is -0.564. The van der Waals surface area contributed by atoms with E-state index >= 15 is 0 Å². The number of rotatable bonds is 4. The van der Waals surface area contributed by atoms with Gasteiger partial charge in [0, 0.05) is 48.2 Å². The molecule has 1 N–H and O–H groups in total. The first kappa shape index (κ1) is 23.3. The third kappa shape index (κ3) is 4.06. The summed E-state index contributed by atoms with van der Waals surface area (Å²) in [4.78, 5) is 7.10. The molecule has 37 heavy (non-hydrogen) atoms. The number of nitrogens with zero attached hydrogens (tertiary/aromatic N) is 6. The number of hydrogen-bond donors (Lipinski definition) is 1. The third-order valence-electron chi connectivity index (χ3n) is 7.61. The number of likely N-dealkylation sites (tertiary alicyclic amines) is 1. The van der Waals surface area contributed by atoms with Gasteiger partial charge in [0.15, 0.2) is 0 Å². The molecule has 1 aliphatic rings. The van der Waals surface area contributed by atoms with Crippen molar-refractivity contribution < 1.29 is 9.50 Å². The minimum absolute atomic E-state index is 0.00396. The molecule has 0 aliphatic carbocycles. The number of aryl methyl sites for hydroxylation is 1. The predicted octanol–water partition coefficient (Wildman–Crippen LogP) is 4.72. The molecule has 1 saturated heterocycles. The van der Waals surface area contributed by atoms with Crippen molar-refractivity contribution in [1.82, 2.24) is 24.2 Å². The number of benzene rings is 2. The Kier molecular flexibility index (Phi) is 5.55. The van der Waals surface area contributed by atoms with Gasteiger partial charge < -0.3 is 14.6 Å². The number of nitriles is 1. The molecule has 0 spiro atoms. The van der Waals surface area contributed by atoms with Crippen molar-refractivity contribution in [3.63, 3.8) is 0 Å². The van der Waals surface area contributed by atoms with Crippen LogP contribution >= 0.6 is 0 Å². The highest BCUT2D eigenvalue weighted by Gasteiger charge is 2.32. The Morgan fingerprint density at radius 3 is 2.57 bits per heavy atom. The SMILES string of the molecule is CN1CCC(O)(Cn2ccc3c(-c4ccc(C#N)c(F)c4)c(-c4ccc5c(cnn5C)c4)ncc32)CC1. The Morgan fingerprint density at radius 1 is 1.03 bits per heavy atom. The summed E-state index contributed by atoms with van der Waals surface area (Å²) >= 11 is 0. The number of fused-ring (bicyclic) bond motifs is 2. The maximum Gasteiger partial charge on any atom is 0.141 e. The number of hydrogen-bond acceptors (Lipinski definition) is 5. The summed E-state index contributed by atoms with van der Waals surface area (Å²) < 4.78 is 18.6. The van der Waals surface area contributed by atoms with Gasteiger partial charge in [-0.25, -0.2) is 4.39 Å². The van der Waals surface area contributed by atoms with Crippen LogP contribution in [-0.4, -0.2) is 55.1 Å². The zero-order valence-electron chi connectivity index (χ0n) is 20.8. The van der Waals surface area contributed by atoms with Gasteiger partial charge in [-0.1, -0.05) is 12.1 Å². The van der Waals surface area contributed by atoms with Crippen molar-refractivity contribution in [1.29, 1.82) is 5.26 Å². The van der Waals surface area contributed by atoms with E-state index in [0.29, 0.717) is 24.9 Å². The third-order valence-corrected chi connectivity index (χ3v) is 7.61. The molecule has 0 bridgehead atoms. The van der Waals surface area contributed by atoms with E-state index in [4.69, 9.17) is 4.98 Å². The monoisotopic (exact) mass is 494 g/mol. The molecule has 0 unspecified atom stereocenters. The summed E-state index contributed by atoms with van der Waals surface area (Å²) in [6.07, 6.45) is 7.03. The van der Waals surface area contributed by atoms with Gasteiger partial charge in [-0.3, -0.25) is 9.67 Å². The van der Waals surface area contributed by atoms with E-state index in [1.807, 2.05) is 65.2 Å². The van der Waals surface area contributed by atoms with Gasteiger partial charge in [0.1, 0.15) is 11.9 Å². The molecule has 8 heteroatoms. The average Bonchev–Trinajstić information content (AvgIpc) is 3.48. The number of halogens is 1. The summed E-state index contributed by atoms with van der Waals surface area (Å²) in [6, 6.07) is 14.6. The first-order valence-corrected chi connectivity index (χ1v) is 12.4. The molecule has 186 valence electrons. The Balaban J connectivity index is 1.52. The van der Waals surface area contributed by atoms with E-state index in [2.05, 4.69) is 17.0 Å². The van der Waals surface area contributed by atoms with Crippen LogP contribution in [0.15, 0.2) is 61.1 Å². The lowest BCUT2D eigenvalue weighted by atomic mass is 9.91. The van der Waals surface area contributed by atoms with Crippen LogP contribution in [0.1, 0.15) is 18.4 Å². The normalized spacial score (nSPS) is 15.9. The van der Waals surface area contributed by atoms with Gasteiger partial charge in [-0.05, 0) is 55.8 Å². The average molecular weight is 495 g/mol. The molecule has 0 atom stereocenters. The number of pyridine rings is 1. The molecular formula is C29H27FN6O. The van der Waals surface area contributed by atoms with Gasteiger partial charge in [0.2, 0.25) is 0 Å². The first-order chi connectivity index (χ1) is 17.8. The molecular weight excluding hydrogens is 467 g/mol. The number of piperidine rings is 1. The van der Waals surface area contributed by atoms with E-state index in [1.54, 1.807) is 6.07 Å². The maximum absolute atomic E-state index is 14.8. The van der Waals surface area contributed by atoms with Crippen molar-refractivity contribution >= 4 is 21.8 Å². The van der Waals surface area contributed by atoms with E-state index in [1.165, 1.54) is 12.1 Å². The quantitative estimate of drug-likeness (QED) is 0.391. The largest absolute Gasteiger partial charge is 0.388 e. The molecule has 3 aromatic heterocycles. The van der Waals surface area contributed by atoms with Crippen LogP contribution in [0.2, 0.25) is 0 Å². The van der Waals surface area contributed by atoms with Crippen LogP contribution in [0.4, 0.5) is 4.39 Å². The van der Waals surface area contributed by atoms with Crippen molar-refractivity contribution in [3.05, 3.63) is 72.4 Å². The molecule has 5 aromatic rings. The number of aromatic nitrogens is 4. The summed E-state index contributed by atoms with van der Waals surface area (Å²) in [5.41, 5.74) is 4.14. The van der Waals surface area contributed by atoms with E-state index < -0.39 is 11.4 Å². The van der Waals surface area contributed by atoms with Gasteiger partial charge in [0.25, 0.3) is 0 Å². The van der Waals surface area contributed by atoms with Gasteiger partial charge >= 0.3 is 0 Å². The first-order valence-electron chi connectivity index (χ1n) is 12.4. The summed E-state index contributed by atoms with van der Waals surface area (Å²) in [5, 5.41) is 26.8. The fourth-order valence-electron chi connectivity index (χ4n) is 5.39. The molecule has 0 saturated carbocycles. The highest BCUT2D eigenvalue weighted by molar-refractivity contribution is 6.02. The highest BCUT2D eigenvalue weighted by atomic mass is 19.1. The fourth-order valence-corrected chi connectivity index (χ4v) is 5.39. The fraction of sp³-hybridized carbons (Fsp3) is 0.276. The molecule has 2 aromatic carbocycles. The standard InChI is InChI=1S/C29H27FN6O/c1-34-11-8-29(37,9-12-34)18-36-10-7-23-26(36)17-32-28(20-5-6-25-22(13-20)16-33-35(25)2)27(23)19-3-4-21(15-31)24(30)14-19/h3-7,10,13-14,16-17,37H,8-9,11-12,18H2,1-2H3. The second-order valence-corrected chi connectivity index (χ2v) is 10.1. The van der Waals surface area contributed by atoms with E-state index in [0.717, 1.165) is 51.7 Å². The molecule has 0 radical (unpaired) electrons. The van der Waals surface area contributed by atoms with Gasteiger partial charge in [-0.2, -0.15) is 10.4 Å². The Bertz CT molecular complexity index is 1690. The van der Waals surface area contributed by atoms with Crippen LogP contribution in [-0.2, 0) is 13.6 Å². The number of aliphatic hydroxyl groups is 1. The molecule has 1 fully saturated rings.